The first-order chi connectivity index (χ1) is 14.4. The van der Waals surface area contributed by atoms with Crippen LogP contribution in [0.1, 0.15) is 23.0 Å². The van der Waals surface area contributed by atoms with E-state index in [2.05, 4.69) is 20.9 Å². The summed E-state index contributed by atoms with van der Waals surface area (Å²) in [5.41, 5.74) is -4.31. The first kappa shape index (κ1) is 21.4. The minimum Gasteiger partial charge on any atom is -0.332 e. The van der Waals surface area contributed by atoms with Crippen molar-refractivity contribution in [3.63, 3.8) is 0 Å². The molecule has 0 bridgehead atoms. The van der Waals surface area contributed by atoms with Crippen molar-refractivity contribution in [3.05, 3.63) is 68.4 Å². The lowest BCUT2D eigenvalue weighted by Gasteiger charge is -2.42. The van der Waals surface area contributed by atoms with Crippen LogP contribution in [0.5, 0.6) is 0 Å². The molecule has 162 valence electrons. The van der Waals surface area contributed by atoms with Crippen LogP contribution in [0.25, 0.3) is 16.8 Å². The predicted octanol–water partition coefficient (Wildman–Crippen LogP) is 4.47. The van der Waals surface area contributed by atoms with Gasteiger partial charge >= 0.3 is 6.18 Å². The Morgan fingerprint density at radius 2 is 1.90 bits per heavy atom. The van der Waals surface area contributed by atoms with Crippen molar-refractivity contribution in [2.75, 3.05) is 13.1 Å². The van der Waals surface area contributed by atoms with E-state index in [4.69, 9.17) is 0 Å². The van der Waals surface area contributed by atoms with Gasteiger partial charge in [-0.15, -0.1) is 0 Å². The molecule has 31 heavy (non-hydrogen) atoms. The van der Waals surface area contributed by atoms with Crippen molar-refractivity contribution in [1.82, 2.24) is 14.3 Å². The highest BCUT2D eigenvalue weighted by Gasteiger charge is 2.42. The Hall–Kier alpha value is -2.82. The van der Waals surface area contributed by atoms with Gasteiger partial charge in [-0.3, -0.25) is 14.0 Å². The minimum absolute atomic E-state index is 0.0655. The SMILES string of the molecule is CC1(F)CN(C(=O)c2ccc(-c3cccn4c(=O)c(Br)c(C(F)(F)F)nc34)cc2F)C1. The molecular formula is C20H13BrF5N3O2. The van der Waals surface area contributed by atoms with Gasteiger partial charge in [-0.05, 0) is 52.7 Å². The van der Waals surface area contributed by atoms with E-state index in [1.807, 2.05) is 0 Å². The zero-order valence-corrected chi connectivity index (χ0v) is 17.4. The number of hydrogen-bond acceptors (Lipinski definition) is 3. The van der Waals surface area contributed by atoms with Crippen LogP contribution in [0.15, 0.2) is 45.8 Å². The van der Waals surface area contributed by atoms with Crippen molar-refractivity contribution < 1.29 is 26.7 Å². The van der Waals surface area contributed by atoms with Crippen molar-refractivity contribution in [2.45, 2.75) is 18.8 Å². The van der Waals surface area contributed by atoms with Gasteiger partial charge in [-0.1, -0.05) is 6.07 Å². The Balaban J connectivity index is 1.81. The van der Waals surface area contributed by atoms with E-state index in [0.29, 0.717) is 0 Å². The molecule has 1 fully saturated rings. The summed E-state index contributed by atoms with van der Waals surface area (Å²) in [6, 6.07) is 6.27. The molecule has 0 N–H and O–H groups in total. The van der Waals surface area contributed by atoms with E-state index in [-0.39, 0.29) is 35.4 Å². The van der Waals surface area contributed by atoms with Crippen LogP contribution >= 0.6 is 15.9 Å². The van der Waals surface area contributed by atoms with Crippen molar-refractivity contribution in [2.24, 2.45) is 0 Å². The molecule has 0 unspecified atom stereocenters. The largest absolute Gasteiger partial charge is 0.434 e. The van der Waals surface area contributed by atoms with Crippen LogP contribution in [-0.4, -0.2) is 39.0 Å². The van der Waals surface area contributed by atoms with E-state index in [1.54, 1.807) is 0 Å². The summed E-state index contributed by atoms with van der Waals surface area (Å²) in [6.45, 7) is 1.02. The first-order valence-electron chi connectivity index (χ1n) is 8.95. The number of likely N-dealkylation sites (tertiary alicyclic amines) is 1. The fourth-order valence-electron chi connectivity index (χ4n) is 3.47. The average Bonchev–Trinajstić information content (AvgIpc) is 2.67. The molecule has 11 heteroatoms. The van der Waals surface area contributed by atoms with Gasteiger partial charge in [-0.25, -0.2) is 13.8 Å². The van der Waals surface area contributed by atoms with Gasteiger partial charge in [0.05, 0.1) is 18.7 Å². The highest BCUT2D eigenvalue weighted by atomic mass is 79.9. The number of carbonyl (C=O) groups is 1. The van der Waals surface area contributed by atoms with E-state index in [9.17, 15) is 31.5 Å². The Bertz CT molecular complexity index is 1280. The molecule has 1 amide bonds. The lowest BCUT2D eigenvalue weighted by Crippen LogP contribution is -2.59. The van der Waals surface area contributed by atoms with Crippen LogP contribution in [-0.2, 0) is 6.18 Å². The molecule has 0 atom stereocenters. The Kier molecular flexibility index (Phi) is 4.91. The van der Waals surface area contributed by atoms with Gasteiger partial charge in [0.1, 0.15) is 21.6 Å². The zero-order valence-electron chi connectivity index (χ0n) is 15.8. The van der Waals surface area contributed by atoms with Crippen LogP contribution in [0.4, 0.5) is 22.0 Å². The van der Waals surface area contributed by atoms with Crippen molar-refractivity contribution in [1.29, 1.82) is 0 Å². The second kappa shape index (κ2) is 7.11. The highest BCUT2D eigenvalue weighted by Crippen LogP contribution is 2.34. The Morgan fingerprint density at radius 1 is 1.23 bits per heavy atom. The predicted molar refractivity (Wildman–Crippen MR) is 105 cm³/mol. The number of benzene rings is 1. The monoisotopic (exact) mass is 501 g/mol. The lowest BCUT2D eigenvalue weighted by molar-refractivity contribution is -0.141. The summed E-state index contributed by atoms with van der Waals surface area (Å²) in [7, 11) is 0. The Morgan fingerprint density at radius 3 is 2.48 bits per heavy atom. The summed E-state index contributed by atoms with van der Waals surface area (Å²) < 4.78 is 68.4. The normalized spacial score (nSPS) is 15.8. The third-order valence-electron chi connectivity index (χ3n) is 4.91. The van der Waals surface area contributed by atoms with Gasteiger partial charge in [0.25, 0.3) is 11.5 Å². The minimum atomic E-state index is -4.89. The van der Waals surface area contributed by atoms with E-state index >= 15 is 0 Å². The Labute approximate surface area is 180 Å². The lowest BCUT2D eigenvalue weighted by atomic mass is 9.97. The fraction of sp³-hybridized carbons (Fsp3) is 0.250. The molecule has 2 aromatic heterocycles. The molecular weight excluding hydrogens is 489 g/mol. The molecule has 0 saturated carbocycles. The van der Waals surface area contributed by atoms with Crippen LogP contribution < -0.4 is 5.56 Å². The van der Waals surface area contributed by atoms with Gasteiger partial charge in [0.2, 0.25) is 0 Å². The molecule has 1 aliphatic heterocycles. The van der Waals surface area contributed by atoms with E-state index in [1.165, 1.54) is 37.4 Å². The zero-order chi connectivity index (χ0) is 22.7. The van der Waals surface area contributed by atoms with Gasteiger partial charge in [-0.2, -0.15) is 13.2 Å². The third-order valence-corrected chi connectivity index (χ3v) is 5.62. The van der Waals surface area contributed by atoms with Crippen LogP contribution in [0, 0.1) is 5.82 Å². The first-order valence-corrected chi connectivity index (χ1v) is 9.74. The summed E-state index contributed by atoms with van der Waals surface area (Å²) in [5, 5.41) is 0. The molecule has 3 aromatic rings. The molecule has 1 saturated heterocycles. The summed E-state index contributed by atoms with van der Waals surface area (Å²) in [4.78, 5) is 29.5. The van der Waals surface area contributed by atoms with E-state index in [0.717, 1.165) is 15.4 Å². The van der Waals surface area contributed by atoms with Crippen molar-refractivity contribution in [3.8, 4) is 11.1 Å². The summed E-state index contributed by atoms with van der Waals surface area (Å²) in [5.74, 6) is -1.61. The molecule has 0 spiro atoms. The molecule has 5 nitrogen and oxygen atoms in total. The van der Waals surface area contributed by atoms with Gasteiger partial charge in [0.15, 0.2) is 5.69 Å². The number of alkyl halides is 4. The molecule has 0 radical (unpaired) electrons. The van der Waals surface area contributed by atoms with E-state index < -0.39 is 39.3 Å². The third kappa shape index (κ3) is 3.71. The second-order valence-corrected chi connectivity index (χ2v) is 8.25. The second-order valence-electron chi connectivity index (χ2n) is 7.46. The number of nitrogens with zero attached hydrogens (tertiary/aromatic N) is 3. The molecule has 3 heterocycles. The fourth-order valence-corrected chi connectivity index (χ4v) is 3.98. The molecule has 4 rings (SSSR count). The number of carbonyl (C=O) groups excluding carboxylic acids is 1. The summed E-state index contributed by atoms with van der Waals surface area (Å²) in [6.07, 6.45) is -3.64. The molecule has 0 aliphatic carbocycles. The maximum Gasteiger partial charge on any atom is 0.434 e. The van der Waals surface area contributed by atoms with Gasteiger partial charge < -0.3 is 4.90 Å². The smallest absolute Gasteiger partial charge is 0.332 e. The number of fused-ring (bicyclic) bond motifs is 1. The van der Waals surface area contributed by atoms with Gasteiger partial charge in [0, 0.05) is 11.8 Å². The van der Waals surface area contributed by atoms with Crippen molar-refractivity contribution >= 4 is 27.5 Å². The maximum absolute atomic E-state index is 14.7. The summed E-state index contributed by atoms with van der Waals surface area (Å²) >= 11 is 2.64. The molecule has 1 aliphatic rings. The average molecular weight is 502 g/mol. The maximum atomic E-state index is 14.7. The quantitative estimate of drug-likeness (QED) is 0.487. The topological polar surface area (TPSA) is 54.7 Å². The standard InChI is InChI=1S/C20H13BrF5N3O2/c1-19(23)8-28(9-19)17(30)12-5-4-10(7-13(12)22)11-3-2-6-29-16(11)27-15(20(24,25)26)14(21)18(29)31/h2-7H,8-9H2,1H3. The number of aromatic nitrogens is 2. The molecule has 1 aromatic carbocycles. The number of amides is 1. The van der Waals surface area contributed by atoms with Crippen LogP contribution in [0.3, 0.4) is 0 Å². The number of pyridine rings is 1. The number of hydrogen-bond donors (Lipinski definition) is 0. The number of halogens is 6. The number of rotatable bonds is 2. The van der Waals surface area contributed by atoms with Crippen LogP contribution in [0.2, 0.25) is 0 Å². The highest BCUT2D eigenvalue weighted by molar-refractivity contribution is 9.10.